The zero-order valence-corrected chi connectivity index (χ0v) is 14.3. The van der Waals surface area contributed by atoms with Crippen LogP contribution in [0, 0.1) is 11.8 Å². The summed E-state index contributed by atoms with van der Waals surface area (Å²) in [6, 6.07) is 6.48. The SMILES string of the molecule is CC1CC(C)CN(S(=O)(=O)NCCc2ccc(C(=O)O)cc2)C1. The maximum atomic E-state index is 12.3. The van der Waals surface area contributed by atoms with Crippen LogP contribution in [0.4, 0.5) is 0 Å². The molecule has 1 aliphatic heterocycles. The third kappa shape index (κ3) is 5.02. The monoisotopic (exact) mass is 340 g/mol. The molecule has 1 aromatic rings. The van der Waals surface area contributed by atoms with Crippen molar-refractivity contribution in [1.82, 2.24) is 9.03 Å². The minimum absolute atomic E-state index is 0.227. The molecule has 1 fully saturated rings. The highest BCUT2D eigenvalue weighted by atomic mass is 32.2. The van der Waals surface area contributed by atoms with Gasteiger partial charge in [0.25, 0.3) is 10.2 Å². The summed E-state index contributed by atoms with van der Waals surface area (Å²) in [5.74, 6) is -0.219. The second kappa shape index (κ2) is 7.42. The maximum absolute atomic E-state index is 12.3. The number of carboxylic acids is 1. The molecule has 2 unspecified atom stereocenters. The molecule has 2 atom stereocenters. The van der Waals surface area contributed by atoms with Crippen molar-refractivity contribution in [2.75, 3.05) is 19.6 Å². The average Bonchev–Trinajstić information content (AvgIpc) is 2.46. The number of benzene rings is 1. The Kier molecular flexibility index (Phi) is 5.78. The fraction of sp³-hybridized carbons (Fsp3) is 0.562. The minimum Gasteiger partial charge on any atom is -0.478 e. The molecule has 1 aromatic carbocycles. The first-order valence-corrected chi connectivity index (χ1v) is 9.29. The summed E-state index contributed by atoms with van der Waals surface area (Å²) in [7, 11) is -3.45. The molecule has 1 aliphatic rings. The molecular formula is C16H24N2O4S. The Hall–Kier alpha value is -1.44. The average molecular weight is 340 g/mol. The Bertz CT molecular complexity index is 633. The van der Waals surface area contributed by atoms with Gasteiger partial charge in [-0.25, -0.2) is 9.52 Å². The highest BCUT2D eigenvalue weighted by Gasteiger charge is 2.29. The zero-order valence-electron chi connectivity index (χ0n) is 13.5. The molecule has 23 heavy (non-hydrogen) atoms. The summed E-state index contributed by atoms with van der Waals surface area (Å²) < 4.78 is 28.9. The number of hydrogen-bond donors (Lipinski definition) is 2. The number of piperidine rings is 1. The first-order valence-electron chi connectivity index (χ1n) is 7.85. The van der Waals surface area contributed by atoms with Gasteiger partial charge < -0.3 is 5.11 Å². The van der Waals surface area contributed by atoms with Crippen LogP contribution in [-0.2, 0) is 16.6 Å². The number of aromatic carboxylic acids is 1. The van der Waals surface area contributed by atoms with Crippen LogP contribution in [0.5, 0.6) is 0 Å². The van der Waals surface area contributed by atoms with Gasteiger partial charge in [-0.3, -0.25) is 0 Å². The van der Waals surface area contributed by atoms with E-state index in [4.69, 9.17) is 5.11 Å². The first kappa shape index (κ1) is 17.9. The van der Waals surface area contributed by atoms with Gasteiger partial charge in [-0.05, 0) is 42.4 Å². The molecule has 2 N–H and O–H groups in total. The van der Waals surface area contributed by atoms with Crippen molar-refractivity contribution in [2.24, 2.45) is 11.8 Å². The van der Waals surface area contributed by atoms with Gasteiger partial charge in [-0.1, -0.05) is 26.0 Å². The fourth-order valence-corrected chi connectivity index (χ4v) is 4.48. The molecular weight excluding hydrogens is 316 g/mol. The molecule has 0 aromatic heterocycles. The summed E-state index contributed by atoms with van der Waals surface area (Å²) in [6.07, 6.45) is 1.58. The highest BCUT2D eigenvalue weighted by Crippen LogP contribution is 2.22. The predicted molar refractivity (Wildman–Crippen MR) is 88.5 cm³/mol. The van der Waals surface area contributed by atoms with Crippen LogP contribution in [0.25, 0.3) is 0 Å². The van der Waals surface area contributed by atoms with Crippen LogP contribution in [0.3, 0.4) is 0 Å². The van der Waals surface area contributed by atoms with Crippen molar-refractivity contribution in [3.63, 3.8) is 0 Å². The van der Waals surface area contributed by atoms with Crippen molar-refractivity contribution in [1.29, 1.82) is 0 Å². The molecule has 1 saturated heterocycles. The molecule has 0 radical (unpaired) electrons. The summed E-state index contributed by atoms with van der Waals surface area (Å²) in [5.41, 5.74) is 1.13. The Morgan fingerprint density at radius 2 is 1.78 bits per heavy atom. The second-order valence-electron chi connectivity index (χ2n) is 6.41. The van der Waals surface area contributed by atoms with Crippen molar-refractivity contribution in [2.45, 2.75) is 26.7 Å². The molecule has 7 heteroatoms. The molecule has 2 rings (SSSR count). The lowest BCUT2D eigenvalue weighted by Crippen LogP contribution is -2.48. The van der Waals surface area contributed by atoms with Gasteiger partial charge in [-0.2, -0.15) is 12.7 Å². The Morgan fingerprint density at radius 1 is 1.22 bits per heavy atom. The van der Waals surface area contributed by atoms with Crippen LogP contribution in [0.1, 0.15) is 36.2 Å². The third-order valence-corrected chi connectivity index (χ3v) is 5.62. The molecule has 0 aliphatic carbocycles. The van der Waals surface area contributed by atoms with E-state index in [2.05, 4.69) is 18.6 Å². The predicted octanol–water partition coefficient (Wildman–Crippen LogP) is 1.74. The second-order valence-corrected chi connectivity index (χ2v) is 8.17. The van der Waals surface area contributed by atoms with Gasteiger partial charge in [0.15, 0.2) is 0 Å². The van der Waals surface area contributed by atoms with E-state index in [0.29, 0.717) is 37.9 Å². The van der Waals surface area contributed by atoms with E-state index in [0.717, 1.165) is 12.0 Å². The van der Waals surface area contributed by atoms with Gasteiger partial charge in [0.2, 0.25) is 0 Å². The van der Waals surface area contributed by atoms with Crippen LogP contribution in [0.15, 0.2) is 24.3 Å². The van der Waals surface area contributed by atoms with E-state index >= 15 is 0 Å². The fourth-order valence-electron chi connectivity index (χ4n) is 3.03. The summed E-state index contributed by atoms with van der Waals surface area (Å²) >= 11 is 0. The molecule has 0 saturated carbocycles. The quantitative estimate of drug-likeness (QED) is 0.826. The lowest BCUT2D eigenvalue weighted by Gasteiger charge is -2.33. The van der Waals surface area contributed by atoms with E-state index in [1.165, 1.54) is 16.4 Å². The first-order chi connectivity index (χ1) is 10.8. The molecule has 6 nitrogen and oxygen atoms in total. The highest BCUT2D eigenvalue weighted by molar-refractivity contribution is 7.87. The van der Waals surface area contributed by atoms with E-state index in [1.807, 2.05) is 0 Å². The molecule has 0 amide bonds. The number of nitrogens with one attached hydrogen (secondary N) is 1. The van der Waals surface area contributed by atoms with Crippen molar-refractivity contribution in [3.05, 3.63) is 35.4 Å². The van der Waals surface area contributed by atoms with Gasteiger partial charge in [-0.15, -0.1) is 0 Å². The van der Waals surface area contributed by atoms with Crippen molar-refractivity contribution < 1.29 is 18.3 Å². The van der Waals surface area contributed by atoms with Gasteiger partial charge in [0, 0.05) is 19.6 Å². The van der Waals surface area contributed by atoms with Crippen molar-refractivity contribution >= 4 is 16.2 Å². The van der Waals surface area contributed by atoms with Crippen molar-refractivity contribution in [3.8, 4) is 0 Å². The smallest absolute Gasteiger partial charge is 0.335 e. The van der Waals surface area contributed by atoms with E-state index < -0.39 is 16.2 Å². The molecule has 1 heterocycles. The summed E-state index contributed by atoms with van der Waals surface area (Å²) in [4.78, 5) is 10.8. The van der Waals surface area contributed by atoms with Gasteiger partial charge in [0.05, 0.1) is 5.56 Å². The lowest BCUT2D eigenvalue weighted by molar-refractivity contribution is 0.0697. The van der Waals surface area contributed by atoms with E-state index in [9.17, 15) is 13.2 Å². The Balaban J connectivity index is 1.88. The van der Waals surface area contributed by atoms with Gasteiger partial charge >= 0.3 is 5.97 Å². The maximum Gasteiger partial charge on any atom is 0.335 e. The number of rotatable bonds is 6. The number of carbonyl (C=O) groups is 1. The molecule has 0 spiro atoms. The topological polar surface area (TPSA) is 86.7 Å². The zero-order chi connectivity index (χ0) is 17.0. The Morgan fingerprint density at radius 3 is 2.30 bits per heavy atom. The standard InChI is InChI=1S/C16H24N2O4S/c1-12-9-13(2)11-18(10-12)23(21,22)17-8-7-14-3-5-15(6-4-14)16(19)20/h3-6,12-13,17H,7-11H2,1-2H3,(H,19,20). The summed E-state index contributed by atoms with van der Waals surface area (Å²) in [6.45, 7) is 5.57. The largest absolute Gasteiger partial charge is 0.478 e. The van der Waals surface area contributed by atoms with Crippen LogP contribution >= 0.6 is 0 Å². The number of nitrogens with zero attached hydrogens (tertiary/aromatic N) is 1. The van der Waals surface area contributed by atoms with E-state index in [-0.39, 0.29) is 5.56 Å². The normalized spacial score (nSPS) is 22.9. The Labute approximate surface area is 137 Å². The minimum atomic E-state index is -3.45. The van der Waals surface area contributed by atoms with Crippen LogP contribution < -0.4 is 4.72 Å². The van der Waals surface area contributed by atoms with Gasteiger partial charge in [0.1, 0.15) is 0 Å². The number of hydrogen-bond acceptors (Lipinski definition) is 3. The molecule has 0 bridgehead atoms. The summed E-state index contributed by atoms with van der Waals surface area (Å²) in [5, 5.41) is 8.85. The van der Waals surface area contributed by atoms with Crippen LogP contribution in [-0.4, -0.2) is 43.4 Å². The third-order valence-electron chi connectivity index (χ3n) is 4.07. The molecule has 128 valence electrons. The number of carboxylic acid groups (broad SMARTS) is 1. The van der Waals surface area contributed by atoms with Crippen LogP contribution in [0.2, 0.25) is 0 Å². The van der Waals surface area contributed by atoms with E-state index in [1.54, 1.807) is 12.1 Å². The lowest BCUT2D eigenvalue weighted by atomic mass is 9.94.